The van der Waals surface area contributed by atoms with Gasteiger partial charge in [0.15, 0.2) is 0 Å². The molecule has 0 aliphatic rings. The van der Waals surface area contributed by atoms with Gasteiger partial charge in [-0.2, -0.15) is 0 Å². The average molecular weight is 296 g/mol. The minimum absolute atomic E-state index is 0.408. The van der Waals surface area contributed by atoms with Gasteiger partial charge in [0.05, 0.1) is 19.8 Å². The quantitative estimate of drug-likeness (QED) is 0.541. The van der Waals surface area contributed by atoms with Crippen LogP contribution in [-0.2, 0) is 0 Å². The van der Waals surface area contributed by atoms with E-state index in [1.165, 1.54) is 0 Å². The first-order valence-electron chi connectivity index (χ1n) is 7.06. The van der Waals surface area contributed by atoms with E-state index in [0.717, 1.165) is 18.8 Å². The third-order valence-corrected chi connectivity index (χ3v) is 3.54. The molecule has 0 aromatic heterocycles. The van der Waals surface area contributed by atoms with Crippen molar-refractivity contribution in [3.05, 3.63) is 29.8 Å². The lowest BCUT2D eigenvalue weighted by molar-refractivity contribution is 0.0375. The Labute approximate surface area is 125 Å². The van der Waals surface area contributed by atoms with Gasteiger partial charge in [-0.1, -0.05) is 0 Å². The number of anilines is 1. The fraction of sp³-hybridized carbons (Fsp3) is 0.533. The molecule has 1 aromatic rings. The highest BCUT2D eigenvalue weighted by atomic mass is 16.3. The van der Waals surface area contributed by atoms with Gasteiger partial charge in [-0.25, -0.2) is 0 Å². The Morgan fingerprint density at radius 3 is 1.90 bits per heavy atom. The van der Waals surface area contributed by atoms with Crippen LogP contribution in [0.5, 0.6) is 0 Å². The number of nitrogens with one attached hydrogen (secondary N) is 1. The van der Waals surface area contributed by atoms with E-state index < -0.39 is 31.3 Å². The molecule has 0 atom stereocenters. The number of amides is 1. The van der Waals surface area contributed by atoms with E-state index in [0.29, 0.717) is 5.56 Å². The number of hydrogen-bond donors (Lipinski definition) is 4. The molecule has 0 bridgehead atoms. The molecule has 0 radical (unpaired) electrons. The Hall–Kier alpha value is -1.63. The third kappa shape index (κ3) is 4.17. The Morgan fingerprint density at radius 1 is 1.05 bits per heavy atom. The summed E-state index contributed by atoms with van der Waals surface area (Å²) in [4.78, 5) is 14.3. The van der Waals surface area contributed by atoms with Gasteiger partial charge in [0.2, 0.25) is 0 Å². The Balaban J connectivity index is 2.84. The first-order chi connectivity index (χ1) is 10.1. The first-order valence-corrected chi connectivity index (χ1v) is 7.06. The monoisotopic (exact) mass is 296 g/mol. The predicted molar refractivity (Wildman–Crippen MR) is 81.5 cm³/mol. The number of carbonyl (C=O) groups excluding carboxylic acids is 1. The van der Waals surface area contributed by atoms with Crippen LogP contribution in [0, 0.1) is 0 Å². The van der Waals surface area contributed by atoms with Crippen LogP contribution >= 0.6 is 0 Å². The van der Waals surface area contributed by atoms with E-state index >= 15 is 0 Å². The van der Waals surface area contributed by atoms with Crippen molar-refractivity contribution in [2.24, 2.45) is 0 Å². The van der Waals surface area contributed by atoms with Crippen LogP contribution in [0.4, 0.5) is 5.69 Å². The van der Waals surface area contributed by atoms with Crippen LogP contribution in [0.3, 0.4) is 0 Å². The minimum atomic E-state index is -1.41. The van der Waals surface area contributed by atoms with Gasteiger partial charge in [-0.05, 0) is 38.1 Å². The first kappa shape index (κ1) is 17.4. The largest absolute Gasteiger partial charge is 0.394 e. The topological polar surface area (TPSA) is 93.0 Å². The number of aliphatic hydroxyl groups excluding tert-OH is 3. The summed E-state index contributed by atoms with van der Waals surface area (Å²) in [6, 6.07) is 7.06. The highest BCUT2D eigenvalue weighted by Gasteiger charge is 2.30. The van der Waals surface area contributed by atoms with Crippen molar-refractivity contribution in [3.8, 4) is 0 Å². The molecular weight excluding hydrogens is 272 g/mol. The summed E-state index contributed by atoms with van der Waals surface area (Å²) in [5.41, 5.74) is 0.0224. The molecule has 0 spiro atoms. The Morgan fingerprint density at radius 2 is 1.52 bits per heavy atom. The molecule has 1 amide bonds. The van der Waals surface area contributed by atoms with Crippen molar-refractivity contribution >= 4 is 11.6 Å². The van der Waals surface area contributed by atoms with E-state index in [4.69, 9.17) is 0 Å². The fourth-order valence-corrected chi connectivity index (χ4v) is 1.99. The second-order valence-corrected chi connectivity index (χ2v) is 4.93. The summed E-state index contributed by atoms with van der Waals surface area (Å²) in [7, 11) is 0. The Kier molecular flexibility index (Phi) is 6.61. The molecule has 0 fully saturated rings. The zero-order valence-corrected chi connectivity index (χ0v) is 12.5. The molecule has 1 rings (SSSR count). The van der Waals surface area contributed by atoms with Gasteiger partial charge in [0, 0.05) is 24.3 Å². The predicted octanol–water partition coefficient (Wildman–Crippen LogP) is -0.0217. The van der Waals surface area contributed by atoms with Crippen LogP contribution < -0.4 is 10.2 Å². The molecule has 21 heavy (non-hydrogen) atoms. The summed E-state index contributed by atoms with van der Waals surface area (Å²) in [5.74, 6) is -0.446. The molecule has 0 saturated heterocycles. The van der Waals surface area contributed by atoms with E-state index in [2.05, 4.69) is 24.1 Å². The van der Waals surface area contributed by atoms with Gasteiger partial charge in [0.1, 0.15) is 5.54 Å². The normalized spacial score (nSPS) is 11.3. The van der Waals surface area contributed by atoms with Crippen molar-refractivity contribution in [1.82, 2.24) is 5.32 Å². The van der Waals surface area contributed by atoms with Crippen molar-refractivity contribution in [1.29, 1.82) is 0 Å². The molecule has 0 unspecified atom stereocenters. The van der Waals surface area contributed by atoms with Crippen LogP contribution in [0.25, 0.3) is 0 Å². The third-order valence-electron chi connectivity index (χ3n) is 3.54. The molecule has 6 heteroatoms. The van der Waals surface area contributed by atoms with Crippen molar-refractivity contribution in [3.63, 3.8) is 0 Å². The maximum absolute atomic E-state index is 12.1. The number of benzene rings is 1. The SMILES string of the molecule is CCN(CC)c1ccc(C(=O)NC(CO)(CO)CO)cc1. The molecule has 0 aliphatic carbocycles. The Bertz CT molecular complexity index is 431. The molecular formula is C15H24N2O4. The van der Waals surface area contributed by atoms with Crippen LogP contribution in [0.2, 0.25) is 0 Å². The van der Waals surface area contributed by atoms with Gasteiger partial charge in [-0.3, -0.25) is 4.79 Å². The van der Waals surface area contributed by atoms with Gasteiger partial charge in [0.25, 0.3) is 5.91 Å². The number of hydrogen-bond acceptors (Lipinski definition) is 5. The average Bonchev–Trinajstić information content (AvgIpc) is 2.54. The van der Waals surface area contributed by atoms with Gasteiger partial charge >= 0.3 is 0 Å². The lowest BCUT2D eigenvalue weighted by Crippen LogP contribution is -2.57. The van der Waals surface area contributed by atoms with E-state index in [9.17, 15) is 20.1 Å². The zero-order valence-electron chi connectivity index (χ0n) is 12.5. The molecule has 118 valence electrons. The standard InChI is InChI=1S/C15H24N2O4/c1-3-17(4-2)13-7-5-12(6-8-13)14(21)16-15(9-18,10-19)11-20/h5-8,18-20H,3-4,9-11H2,1-2H3,(H,16,21). The lowest BCUT2D eigenvalue weighted by atomic mass is 10.0. The molecule has 0 heterocycles. The number of rotatable bonds is 8. The number of nitrogens with zero attached hydrogens (tertiary/aromatic N) is 1. The summed E-state index contributed by atoms with van der Waals surface area (Å²) in [5, 5.41) is 30.1. The summed E-state index contributed by atoms with van der Waals surface area (Å²) in [6.07, 6.45) is 0. The fourth-order valence-electron chi connectivity index (χ4n) is 1.99. The zero-order chi connectivity index (χ0) is 15.9. The second-order valence-electron chi connectivity index (χ2n) is 4.93. The number of carbonyl (C=O) groups is 1. The maximum atomic E-state index is 12.1. The lowest BCUT2D eigenvalue weighted by Gasteiger charge is -2.28. The minimum Gasteiger partial charge on any atom is -0.394 e. The van der Waals surface area contributed by atoms with Crippen molar-refractivity contribution in [2.45, 2.75) is 19.4 Å². The summed E-state index contributed by atoms with van der Waals surface area (Å²) >= 11 is 0. The second kappa shape index (κ2) is 7.97. The number of aliphatic hydroxyl groups is 3. The van der Waals surface area contributed by atoms with E-state index in [1.54, 1.807) is 12.1 Å². The van der Waals surface area contributed by atoms with Crippen LogP contribution in [0.1, 0.15) is 24.2 Å². The molecule has 4 N–H and O–H groups in total. The van der Waals surface area contributed by atoms with Gasteiger partial charge in [-0.15, -0.1) is 0 Å². The summed E-state index contributed by atoms with van der Waals surface area (Å²) < 4.78 is 0. The molecule has 1 aromatic carbocycles. The van der Waals surface area contributed by atoms with Crippen LogP contribution in [-0.4, -0.2) is 59.7 Å². The van der Waals surface area contributed by atoms with Crippen LogP contribution in [0.15, 0.2) is 24.3 Å². The smallest absolute Gasteiger partial charge is 0.251 e. The highest BCUT2D eigenvalue weighted by molar-refractivity contribution is 5.95. The van der Waals surface area contributed by atoms with Crippen molar-refractivity contribution < 1.29 is 20.1 Å². The maximum Gasteiger partial charge on any atom is 0.251 e. The molecule has 0 aliphatic heterocycles. The van der Waals surface area contributed by atoms with E-state index in [-0.39, 0.29) is 0 Å². The highest BCUT2D eigenvalue weighted by Crippen LogP contribution is 2.15. The molecule has 6 nitrogen and oxygen atoms in total. The summed E-state index contributed by atoms with van der Waals surface area (Å²) in [6.45, 7) is 4.26. The van der Waals surface area contributed by atoms with Gasteiger partial charge < -0.3 is 25.5 Å². The van der Waals surface area contributed by atoms with E-state index in [1.807, 2.05) is 12.1 Å². The van der Waals surface area contributed by atoms with Crippen molar-refractivity contribution in [2.75, 3.05) is 37.8 Å². The molecule has 0 saturated carbocycles.